The van der Waals surface area contributed by atoms with Crippen molar-refractivity contribution in [1.82, 2.24) is 9.55 Å². The molecule has 2 heterocycles. The number of hydrogen-bond donors (Lipinski definition) is 1. The first-order valence-corrected chi connectivity index (χ1v) is 8.03. The second-order valence-corrected chi connectivity index (χ2v) is 5.98. The molecule has 1 amide bonds. The quantitative estimate of drug-likeness (QED) is 0.334. The predicted octanol–water partition coefficient (Wildman–Crippen LogP) is 1.50. The molecule has 0 radical (unpaired) electrons. The van der Waals surface area contributed by atoms with Crippen molar-refractivity contribution in [2.45, 2.75) is 13.5 Å². The molecule has 0 aromatic carbocycles. The first-order chi connectivity index (χ1) is 12.3. The Bertz CT molecular complexity index is 932. The van der Waals surface area contributed by atoms with Crippen LogP contribution in [0, 0.1) is 17.0 Å². The van der Waals surface area contributed by atoms with Crippen LogP contribution in [0.1, 0.15) is 15.4 Å². The van der Waals surface area contributed by atoms with Gasteiger partial charge in [0.1, 0.15) is 18.0 Å². The number of nitro groups is 1. The number of aryl methyl sites for hydroxylation is 1. The van der Waals surface area contributed by atoms with Gasteiger partial charge in [-0.05, 0) is 6.92 Å². The highest BCUT2D eigenvalue weighted by molar-refractivity contribution is 7.17. The highest BCUT2D eigenvalue weighted by atomic mass is 32.1. The normalized spacial score (nSPS) is 10.2. The zero-order valence-corrected chi connectivity index (χ0v) is 14.4. The average molecular weight is 378 g/mol. The Labute approximate surface area is 150 Å². The van der Waals surface area contributed by atoms with E-state index in [1.807, 2.05) is 0 Å². The van der Waals surface area contributed by atoms with Crippen LogP contribution in [0.2, 0.25) is 0 Å². The SMILES string of the molecule is C=CCOC(=O)c1sc(NC(=O)Cn2cc([N+](=O)[O-])ccc2=O)nc1C. The molecule has 2 aromatic rings. The zero-order chi connectivity index (χ0) is 19.3. The lowest BCUT2D eigenvalue weighted by molar-refractivity contribution is -0.385. The molecule has 0 saturated heterocycles. The molecule has 0 unspecified atom stereocenters. The van der Waals surface area contributed by atoms with Crippen LogP contribution < -0.4 is 10.9 Å². The molecular weight excluding hydrogens is 364 g/mol. The molecule has 10 nitrogen and oxygen atoms in total. The van der Waals surface area contributed by atoms with E-state index in [-0.39, 0.29) is 22.3 Å². The van der Waals surface area contributed by atoms with E-state index in [4.69, 9.17) is 4.74 Å². The molecule has 2 aromatic heterocycles. The summed E-state index contributed by atoms with van der Waals surface area (Å²) in [6.07, 6.45) is 2.40. The van der Waals surface area contributed by atoms with Gasteiger partial charge in [-0.2, -0.15) is 0 Å². The van der Waals surface area contributed by atoms with Gasteiger partial charge in [-0.25, -0.2) is 9.78 Å². The van der Waals surface area contributed by atoms with E-state index < -0.39 is 28.9 Å². The van der Waals surface area contributed by atoms with Gasteiger partial charge in [0.2, 0.25) is 5.91 Å². The minimum Gasteiger partial charge on any atom is -0.457 e. The fourth-order valence-electron chi connectivity index (χ4n) is 1.90. The van der Waals surface area contributed by atoms with Crippen LogP contribution in [0.4, 0.5) is 10.8 Å². The van der Waals surface area contributed by atoms with Crippen molar-refractivity contribution >= 4 is 34.0 Å². The second kappa shape index (κ2) is 8.16. The third-order valence-corrected chi connectivity index (χ3v) is 4.11. The van der Waals surface area contributed by atoms with Crippen LogP contribution in [0.25, 0.3) is 0 Å². The van der Waals surface area contributed by atoms with Crippen molar-refractivity contribution in [3.8, 4) is 0 Å². The molecule has 26 heavy (non-hydrogen) atoms. The summed E-state index contributed by atoms with van der Waals surface area (Å²) < 4.78 is 5.82. The van der Waals surface area contributed by atoms with Crippen molar-refractivity contribution < 1.29 is 19.2 Å². The molecule has 11 heteroatoms. The molecule has 0 aliphatic carbocycles. The molecule has 0 fully saturated rings. The van der Waals surface area contributed by atoms with E-state index in [9.17, 15) is 24.5 Å². The van der Waals surface area contributed by atoms with Gasteiger partial charge in [0.15, 0.2) is 5.13 Å². The summed E-state index contributed by atoms with van der Waals surface area (Å²) in [4.78, 5) is 50.0. The second-order valence-electron chi connectivity index (χ2n) is 4.98. The number of hydrogen-bond acceptors (Lipinski definition) is 8. The van der Waals surface area contributed by atoms with Gasteiger partial charge in [0, 0.05) is 12.1 Å². The molecular formula is C15H14N4O6S. The lowest BCUT2D eigenvalue weighted by atomic mass is 10.4. The lowest BCUT2D eigenvalue weighted by Crippen LogP contribution is -2.26. The standard InChI is InChI=1S/C15H14N4O6S/c1-3-6-25-14(22)13-9(2)16-15(26-13)17-11(20)8-18-7-10(19(23)24)4-5-12(18)21/h3-5,7H,1,6,8H2,2H3,(H,16,17,20). The summed E-state index contributed by atoms with van der Waals surface area (Å²) in [6, 6.07) is 2.06. The summed E-state index contributed by atoms with van der Waals surface area (Å²) in [5.74, 6) is -1.21. The first-order valence-electron chi connectivity index (χ1n) is 7.22. The van der Waals surface area contributed by atoms with Gasteiger partial charge < -0.3 is 10.1 Å². The Morgan fingerprint density at radius 3 is 2.88 bits per heavy atom. The van der Waals surface area contributed by atoms with Gasteiger partial charge in [0.25, 0.3) is 11.2 Å². The monoisotopic (exact) mass is 378 g/mol. The zero-order valence-electron chi connectivity index (χ0n) is 13.6. The number of anilines is 1. The van der Waals surface area contributed by atoms with Crippen molar-refractivity contribution in [2.24, 2.45) is 0 Å². The summed E-state index contributed by atoms with van der Waals surface area (Å²) >= 11 is 0.922. The Balaban J connectivity index is 2.10. The highest BCUT2D eigenvalue weighted by Crippen LogP contribution is 2.23. The molecule has 0 aliphatic heterocycles. The number of amides is 1. The molecule has 2 rings (SSSR count). The van der Waals surface area contributed by atoms with E-state index in [1.165, 1.54) is 6.08 Å². The Kier molecular flexibility index (Phi) is 5.96. The highest BCUT2D eigenvalue weighted by Gasteiger charge is 2.18. The molecule has 0 aliphatic rings. The van der Waals surface area contributed by atoms with Gasteiger partial charge in [0.05, 0.1) is 16.8 Å². The van der Waals surface area contributed by atoms with Crippen molar-refractivity contribution in [3.05, 3.63) is 62.0 Å². The van der Waals surface area contributed by atoms with Gasteiger partial charge >= 0.3 is 5.97 Å². The fourth-order valence-corrected chi connectivity index (χ4v) is 2.78. The van der Waals surface area contributed by atoms with Crippen molar-refractivity contribution in [1.29, 1.82) is 0 Å². The van der Waals surface area contributed by atoms with Crippen LogP contribution >= 0.6 is 11.3 Å². The molecule has 0 bridgehead atoms. The van der Waals surface area contributed by atoms with Crippen LogP contribution in [0.5, 0.6) is 0 Å². The molecule has 1 N–H and O–H groups in total. The number of carbonyl (C=O) groups is 2. The average Bonchev–Trinajstić information content (AvgIpc) is 2.94. The van der Waals surface area contributed by atoms with Gasteiger partial charge in [-0.3, -0.25) is 24.3 Å². The Morgan fingerprint density at radius 1 is 1.50 bits per heavy atom. The van der Waals surface area contributed by atoms with Crippen molar-refractivity contribution in [2.75, 3.05) is 11.9 Å². The van der Waals surface area contributed by atoms with Crippen molar-refractivity contribution in [3.63, 3.8) is 0 Å². The maximum Gasteiger partial charge on any atom is 0.350 e. The third kappa shape index (κ3) is 4.60. The number of nitrogens with zero attached hydrogens (tertiary/aromatic N) is 3. The molecule has 0 spiro atoms. The van der Waals surface area contributed by atoms with E-state index in [1.54, 1.807) is 6.92 Å². The topological polar surface area (TPSA) is 133 Å². The van der Waals surface area contributed by atoms with Crippen LogP contribution in [-0.2, 0) is 16.1 Å². The largest absolute Gasteiger partial charge is 0.457 e. The summed E-state index contributed by atoms with van der Waals surface area (Å²) in [5, 5.41) is 13.4. The van der Waals surface area contributed by atoms with Crippen LogP contribution in [0.3, 0.4) is 0 Å². The molecule has 136 valence electrons. The fraction of sp³-hybridized carbons (Fsp3) is 0.200. The van der Waals surface area contributed by atoms with E-state index in [2.05, 4.69) is 16.9 Å². The maximum absolute atomic E-state index is 12.1. The van der Waals surface area contributed by atoms with E-state index in [0.29, 0.717) is 5.69 Å². The lowest BCUT2D eigenvalue weighted by Gasteiger charge is -2.04. The minimum atomic E-state index is -0.667. The number of rotatable bonds is 7. The number of thiazole rings is 1. The third-order valence-electron chi connectivity index (χ3n) is 3.05. The molecule has 0 saturated carbocycles. The predicted molar refractivity (Wildman–Crippen MR) is 93.3 cm³/mol. The van der Waals surface area contributed by atoms with E-state index in [0.717, 1.165) is 34.2 Å². The van der Waals surface area contributed by atoms with Crippen LogP contribution in [0.15, 0.2) is 35.8 Å². The number of carbonyl (C=O) groups excluding carboxylic acids is 2. The Morgan fingerprint density at radius 2 is 2.23 bits per heavy atom. The first kappa shape index (κ1) is 19.0. The maximum atomic E-state index is 12.1. The van der Waals surface area contributed by atoms with Crippen LogP contribution in [-0.4, -0.2) is 33.0 Å². The summed E-state index contributed by atoms with van der Waals surface area (Å²) in [6.45, 7) is 4.64. The number of aromatic nitrogens is 2. The molecule has 0 atom stereocenters. The number of nitrogens with one attached hydrogen (secondary N) is 1. The van der Waals surface area contributed by atoms with Gasteiger partial charge in [-0.15, -0.1) is 0 Å². The summed E-state index contributed by atoms with van der Waals surface area (Å²) in [5.41, 5.74) is -0.489. The number of esters is 1. The Hall–Kier alpha value is -3.34. The minimum absolute atomic E-state index is 0.0492. The number of pyridine rings is 1. The smallest absolute Gasteiger partial charge is 0.350 e. The van der Waals surface area contributed by atoms with Gasteiger partial charge in [-0.1, -0.05) is 24.0 Å². The number of ether oxygens (including phenoxy) is 1. The van der Waals surface area contributed by atoms with E-state index >= 15 is 0 Å². The summed E-state index contributed by atoms with van der Waals surface area (Å²) in [7, 11) is 0.